The number of unbranched alkanes of at least 4 members (excludes halogenated alkanes) is 1. The van der Waals surface area contributed by atoms with Gasteiger partial charge in [0.25, 0.3) is 0 Å². The Balaban J connectivity index is 1.64. The lowest BCUT2D eigenvalue weighted by atomic mass is 9.90. The van der Waals surface area contributed by atoms with E-state index < -0.39 is 24.3 Å². The van der Waals surface area contributed by atoms with Gasteiger partial charge in [0.05, 0.1) is 12.6 Å². The number of rotatable bonds is 13. The van der Waals surface area contributed by atoms with E-state index >= 15 is 0 Å². The highest BCUT2D eigenvalue weighted by atomic mass is 16.5. The molecular formula is C29H42N2O5. The lowest BCUT2D eigenvalue weighted by molar-refractivity contribution is -0.125. The second-order valence-corrected chi connectivity index (χ2v) is 10.6. The lowest BCUT2D eigenvalue weighted by Gasteiger charge is -2.27. The minimum absolute atomic E-state index is 0.160. The number of ether oxygens (including phenoxy) is 1. The fraction of sp³-hybridized carbons (Fsp3) is 0.621. The number of hydrogen-bond donors (Lipinski definition) is 3. The van der Waals surface area contributed by atoms with Crippen LogP contribution in [0.15, 0.2) is 35.1 Å². The molecule has 0 aromatic heterocycles. The van der Waals surface area contributed by atoms with E-state index in [-0.39, 0.29) is 17.3 Å². The van der Waals surface area contributed by atoms with Crippen LogP contribution >= 0.6 is 0 Å². The molecule has 1 fully saturated rings. The van der Waals surface area contributed by atoms with E-state index in [0.29, 0.717) is 36.5 Å². The largest absolute Gasteiger partial charge is 0.449 e. The second-order valence-electron chi connectivity index (χ2n) is 10.6. The molecule has 3 atom stereocenters. The zero-order valence-corrected chi connectivity index (χ0v) is 21.9. The number of carbonyl (C=O) groups excluding carboxylic acids is 2. The second kappa shape index (κ2) is 13.6. The van der Waals surface area contributed by atoms with Crippen LogP contribution in [0.4, 0.5) is 4.79 Å². The van der Waals surface area contributed by atoms with Gasteiger partial charge in [-0.2, -0.15) is 0 Å². The van der Waals surface area contributed by atoms with Crippen molar-refractivity contribution in [1.29, 1.82) is 0 Å². The maximum Gasteiger partial charge on any atom is 0.407 e. The topological polar surface area (TPSA) is 105 Å². The van der Waals surface area contributed by atoms with E-state index in [1.54, 1.807) is 0 Å². The first-order valence-corrected chi connectivity index (χ1v) is 13.6. The number of benzene rings is 1. The summed E-state index contributed by atoms with van der Waals surface area (Å²) in [5.41, 5.74) is 1.51. The molecule has 2 amide bonds. The number of aliphatic hydroxyl groups excluding tert-OH is 1. The summed E-state index contributed by atoms with van der Waals surface area (Å²) in [5.74, 6) is 0.183. The monoisotopic (exact) mass is 498 g/mol. The van der Waals surface area contributed by atoms with E-state index in [4.69, 9.17) is 4.74 Å². The van der Waals surface area contributed by atoms with Gasteiger partial charge in [0, 0.05) is 11.1 Å². The standard InChI is InChI=1S/C29H42N2O5/c1-4-5-16-22(26(32)25-24(27(25)33)21-14-10-7-11-15-21)30-28(34)23(17-19(2)3)31-29(35)36-18-20-12-8-6-9-13-20/h7,10-11,14-15,19-20,22-23,26,32H,4-6,8-9,12-13,16-18H2,1-3H3,(H,30,34)(H,31,35)/t22-,23?,26?/m0/s1. The van der Waals surface area contributed by atoms with Gasteiger partial charge in [-0.05, 0) is 43.1 Å². The highest BCUT2D eigenvalue weighted by Crippen LogP contribution is 2.33. The van der Waals surface area contributed by atoms with Crippen LogP contribution < -0.4 is 16.1 Å². The molecule has 0 bridgehead atoms. The number of aliphatic hydroxyl groups is 1. The third-order valence-corrected chi connectivity index (χ3v) is 7.10. The van der Waals surface area contributed by atoms with Gasteiger partial charge in [-0.25, -0.2) is 4.79 Å². The predicted molar refractivity (Wildman–Crippen MR) is 141 cm³/mol. The van der Waals surface area contributed by atoms with Crippen molar-refractivity contribution in [3.8, 4) is 11.1 Å². The van der Waals surface area contributed by atoms with Crippen LogP contribution in [-0.4, -0.2) is 35.8 Å². The molecule has 0 aliphatic heterocycles. The molecule has 1 aliphatic carbocycles. The average molecular weight is 499 g/mol. The van der Waals surface area contributed by atoms with Gasteiger partial charge in [0.15, 0.2) is 5.43 Å². The smallest absolute Gasteiger partial charge is 0.407 e. The van der Waals surface area contributed by atoms with Gasteiger partial charge in [-0.1, -0.05) is 83.2 Å². The fourth-order valence-corrected chi connectivity index (χ4v) is 5.01. The van der Waals surface area contributed by atoms with Gasteiger partial charge in [-0.3, -0.25) is 9.59 Å². The first-order chi connectivity index (χ1) is 17.3. The first kappa shape index (κ1) is 27.9. The number of carbonyl (C=O) groups is 2. The summed E-state index contributed by atoms with van der Waals surface area (Å²) >= 11 is 0. The Morgan fingerprint density at radius 2 is 1.78 bits per heavy atom. The Morgan fingerprint density at radius 1 is 1.08 bits per heavy atom. The van der Waals surface area contributed by atoms with Crippen LogP contribution in [-0.2, 0) is 9.53 Å². The molecule has 0 spiro atoms. The van der Waals surface area contributed by atoms with E-state index in [9.17, 15) is 19.5 Å². The molecule has 7 nitrogen and oxygen atoms in total. The molecule has 7 heteroatoms. The molecule has 0 saturated heterocycles. The summed E-state index contributed by atoms with van der Waals surface area (Å²) in [5, 5.41) is 16.8. The van der Waals surface area contributed by atoms with Crippen LogP contribution in [0.3, 0.4) is 0 Å². The van der Waals surface area contributed by atoms with Crippen LogP contribution in [0.25, 0.3) is 11.1 Å². The van der Waals surface area contributed by atoms with Crippen molar-refractivity contribution in [1.82, 2.24) is 10.6 Å². The molecule has 0 radical (unpaired) electrons. The molecule has 198 valence electrons. The van der Waals surface area contributed by atoms with Crippen LogP contribution in [0, 0.1) is 11.8 Å². The van der Waals surface area contributed by atoms with E-state index in [0.717, 1.165) is 31.2 Å². The molecule has 1 aliphatic rings. The zero-order chi connectivity index (χ0) is 26.1. The Hall–Kier alpha value is -2.67. The Bertz CT molecular complexity index is 973. The first-order valence-electron chi connectivity index (χ1n) is 13.6. The highest BCUT2D eigenvalue weighted by molar-refractivity contribution is 5.86. The molecule has 2 aromatic carbocycles. The maximum atomic E-state index is 13.3. The maximum absolute atomic E-state index is 13.3. The molecule has 3 N–H and O–H groups in total. The highest BCUT2D eigenvalue weighted by Gasteiger charge is 2.36. The third-order valence-electron chi connectivity index (χ3n) is 7.10. The molecule has 36 heavy (non-hydrogen) atoms. The minimum Gasteiger partial charge on any atom is -0.449 e. The van der Waals surface area contributed by atoms with Crippen molar-refractivity contribution in [3.63, 3.8) is 0 Å². The predicted octanol–water partition coefficient (Wildman–Crippen LogP) is 5.02. The molecule has 0 heterocycles. The SMILES string of the molecule is CCCC[C@H](NC(=O)C(CC(C)C)NC(=O)OCC1CCCCC1)C(O)c1c(-c2ccccc2)c1=O. The summed E-state index contributed by atoms with van der Waals surface area (Å²) in [6.07, 6.45) is 6.68. The van der Waals surface area contributed by atoms with Crippen LogP contribution in [0.2, 0.25) is 0 Å². The van der Waals surface area contributed by atoms with Crippen molar-refractivity contribution in [2.45, 2.75) is 96.7 Å². The summed E-state index contributed by atoms with van der Waals surface area (Å²) < 4.78 is 5.45. The molecule has 2 unspecified atom stereocenters. The number of alkyl carbamates (subject to hydrolysis) is 1. The summed E-state index contributed by atoms with van der Waals surface area (Å²) in [7, 11) is 0. The zero-order valence-electron chi connectivity index (χ0n) is 21.9. The van der Waals surface area contributed by atoms with Crippen LogP contribution in [0.1, 0.15) is 90.2 Å². The normalized spacial score (nSPS) is 17.0. The van der Waals surface area contributed by atoms with Crippen molar-refractivity contribution in [3.05, 3.63) is 46.1 Å². The van der Waals surface area contributed by atoms with Crippen LogP contribution in [0.5, 0.6) is 0 Å². The van der Waals surface area contributed by atoms with E-state index in [1.807, 2.05) is 51.1 Å². The van der Waals surface area contributed by atoms with Crippen molar-refractivity contribution < 1.29 is 19.4 Å². The quantitative estimate of drug-likeness (QED) is 0.360. The molecule has 3 rings (SSSR count). The molecular weight excluding hydrogens is 456 g/mol. The van der Waals surface area contributed by atoms with Gasteiger partial charge < -0.3 is 20.5 Å². The van der Waals surface area contributed by atoms with Crippen molar-refractivity contribution >= 4 is 12.0 Å². The Morgan fingerprint density at radius 3 is 2.42 bits per heavy atom. The summed E-state index contributed by atoms with van der Waals surface area (Å²) in [4.78, 5) is 38.3. The fourth-order valence-electron chi connectivity index (χ4n) is 5.01. The van der Waals surface area contributed by atoms with Gasteiger partial charge >= 0.3 is 6.09 Å². The molecule has 2 aromatic rings. The third kappa shape index (κ3) is 7.92. The minimum atomic E-state index is -1.10. The van der Waals surface area contributed by atoms with Crippen molar-refractivity contribution in [2.75, 3.05) is 6.61 Å². The van der Waals surface area contributed by atoms with Gasteiger partial charge in [0.2, 0.25) is 5.91 Å². The van der Waals surface area contributed by atoms with Gasteiger partial charge in [0.1, 0.15) is 12.1 Å². The number of amides is 2. The summed E-state index contributed by atoms with van der Waals surface area (Å²) in [6, 6.07) is 7.86. The molecule has 1 saturated carbocycles. The summed E-state index contributed by atoms with van der Waals surface area (Å²) in [6.45, 7) is 6.38. The van der Waals surface area contributed by atoms with E-state index in [2.05, 4.69) is 10.6 Å². The number of nitrogens with one attached hydrogen (secondary N) is 2. The Kier molecular flexibility index (Phi) is 10.5. The lowest BCUT2D eigenvalue weighted by Crippen LogP contribution is -2.51. The van der Waals surface area contributed by atoms with E-state index in [1.165, 1.54) is 19.3 Å². The average Bonchev–Trinajstić information content (AvgIpc) is 3.55. The van der Waals surface area contributed by atoms with Crippen molar-refractivity contribution in [2.24, 2.45) is 11.8 Å². The number of hydrogen-bond acceptors (Lipinski definition) is 5. The Labute approximate surface area is 214 Å². The van der Waals surface area contributed by atoms with Gasteiger partial charge in [-0.15, -0.1) is 0 Å².